The first-order chi connectivity index (χ1) is 9.16. The molecule has 1 aliphatic rings. The van der Waals surface area contributed by atoms with Crippen molar-refractivity contribution in [3.63, 3.8) is 0 Å². The standard InChI is InChI=1S/C15H21IN2O/c1-11(17-14-10-6-5-9-13(14)16)15(19)18-12-7-3-2-4-8-12/h5-6,9-12,17H,2-4,7-8H2,1H3,(H,18,19). The van der Waals surface area contributed by atoms with Crippen LogP contribution in [-0.2, 0) is 4.79 Å². The summed E-state index contributed by atoms with van der Waals surface area (Å²) in [6.07, 6.45) is 6.04. The van der Waals surface area contributed by atoms with Gasteiger partial charge in [0.05, 0.1) is 0 Å². The van der Waals surface area contributed by atoms with Crippen LogP contribution in [0.15, 0.2) is 24.3 Å². The fraction of sp³-hybridized carbons (Fsp3) is 0.533. The minimum atomic E-state index is -0.196. The first-order valence-corrected chi connectivity index (χ1v) is 8.06. The highest BCUT2D eigenvalue weighted by molar-refractivity contribution is 14.1. The molecular weight excluding hydrogens is 351 g/mol. The van der Waals surface area contributed by atoms with E-state index in [1.54, 1.807) is 0 Å². The molecule has 0 spiro atoms. The highest BCUT2D eigenvalue weighted by Crippen LogP contribution is 2.19. The fourth-order valence-electron chi connectivity index (χ4n) is 2.45. The second kappa shape index (κ2) is 7.12. The van der Waals surface area contributed by atoms with Gasteiger partial charge in [-0.1, -0.05) is 31.4 Å². The molecule has 1 saturated carbocycles. The van der Waals surface area contributed by atoms with Crippen LogP contribution < -0.4 is 10.6 Å². The fourth-order valence-corrected chi connectivity index (χ4v) is 2.99. The number of halogens is 1. The van der Waals surface area contributed by atoms with E-state index in [0.717, 1.165) is 22.1 Å². The molecule has 2 N–H and O–H groups in total. The van der Waals surface area contributed by atoms with E-state index in [2.05, 4.69) is 33.2 Å². The lowest BCUT2D eigenvalue weighted by Crippen LogP contribution is -2.44. The summed E-state index contributed by atoms with van der Waals surface area (Å²) in [6.45, 7) is 1.92. The van der Waals surface area contributed by atoms with Crippen LogP contribution in [-0.4, -0.2) is 18.0 Å². The zero-order chi connectivity index (χ0) is 13.7. The lowest BCUT2D eigenvalue weighted by atomic mass is 9.95. The molecule has 1 amide bonds. The summed E-state index contributed by atoms with van der Waals surface area (Å²) in [5.41, 5.74) is 1.02. The molecule has 0 saturated heterocycles. The third-order valence-electron chi connectivity index (χ3n) is 3.59. The maximum atomic E-state index is 12.2. The van der Waals surface area contributed by atoms with Crippen LogP contribution in [0.1, 0.15) is 39.0 Å². The molecule has 3 nitrogen and oxygen atoms in total. The molecule has 0 radical (unpaired) electrons. The molecule has 0 bridgehead atoms. The number of nitrogens with one attached hydrogen (secondary N) is 2. The summed E-state index contributed by atoms with van der Waals surface area (Å²) in [4.78, 5) is 12.2. The van der Waals surface area contributed by atoms with Crippen molar-refractivity contribution < 1.29 is 4.79 Å². The Hall–Kier alpha value is -0.780. The summed E-state index contributed by atoms with van der Waals surface area (Å²) in [5.74, 6) is 0.103. The van der Waals surface area contributed by atoms with Gasteiger partial charge in [-0.15, -0.1) is 0 Å². The minimum absolute atomic E-state index is 0.103. The Balaban J connectivity index is 1.87. The molecule has 2 rings (SSSR count). The second-order valence-corrected chi connectivity index (χ2v) is 6.35. The number of carbonyl (C=O) groups excluding carboxylic acids is 1. The largest absolute Gasteiger partial charge is 0.373 e. The van der Waals surface area contributed by atoms with Gasteiger partial charge in [0.25, 0.3) is 0 Å². The Morgan fingerprint density at radius 3 is 2.63 bits per heavy atom. The molecule has 1 aliphatic carbocycles. The van der Waals surface area contributed by atoms with Gasteiger partial charge in [0.15, 0.2) is 0 Å². The SMILES string of the molecule is CC(Nc1ccccc1I)C(=O)NC1CCCCC1. The number of carbonyl (C=O) groups is 1. The van der Waals surface area contributed by atoms with Gasteiger partial charge in [0.1, 0.15) is 6.04 Å². The van der Waals surface area contributed by atoms with Crippen LogP contribution in [0.3, 0.4) is 0 Å². The summed E-state index contributed by atoms with van der Waals surface area (Å²) < 4.78 is 1.14. The van der Waals surface area contributed by atoms with Crippen molar-refractivity contribution in [2.24, 2.45) is 0 Å². The van der Waals surface area contributed by atoms with Crippen molar-refractivity contribution in [1.82, 2.24) is 5.32 Å². The van der Waals surface area contributed by atoms with Crippen molar-refractivity contribution in [3.8, 4) is 0 Å². The van der Waals surface area contributed by atoms with Gasteiger partial charge in [0, 0.05) is 15.3 Å². The number of hydrogen-bond donors (Lipinski definition) is 2. The maximum Gasteiger partial charge on any atom is 0.242 e. The monoisotopic (exact) mass is 372 g/mol. The van der Waals surface area contributed by atoms with E-state index in [1.807, 2.05) is 31.2 Å². The topological polar surface area (TPSA) is 41.1 Å². The van der Waals surface area contributed by atoms with Crippen molar-refractivity contribution in [1.29, 1.82) is 0 Å². The molecule has 0 aromatic heterocycles. The van der Waals surface area contributed by atoms with E-state index in [1.165, 1.54) is 19.3 Å². The second-order valence-electron chi connectivity index (χ2n) is 5.19. The molecule has 1 atom stereocenters. The van der Waals surface area contributed by atoms with Gasteiger partial charge >= 0.3 is 0 Å². The highest BCUT2D eigenvalue weighted by Gasteiger charge is 2.19. The van der Waals surface area contributed by atoms with Crippen LogP contribution >= 0.6 is 22.6 Å². The smallest absolute Gasteiger partial charge is 0.242 e. The van der Waals surface area contributed by atoms with E-state index < -0.39 is 0 Å². The summed E-state index contributed by atoms with van der Waals surface area (Å²) in [7, 11) is 0. The van der Waals surface area contributed by atoms with E-state index in [-0.39, 0.29) is 11.9 Å². The van der Waals surface area contributed by atoms with Crippen LogP contribution in [0, 0.1) is 3.57 Å². The van der Waals surface area contributed by atoms with Crippen molar-refractivity contribution >= 4 is 34.2 Å². The first-order valence-electron chi connectivity index (χ1n) is 6.98. The zero-order valence-electron chi connectivity index (χ0n) is 11.3. The third kappa shape index (κ3) is 4.37. The highest BCUT2D eigenvalue weighted by atomic mass is 127. The van der Waals surface area contributed by atoms with E-state index in [9.17, 15) is 4.79 Å². The molecule has 0 aliphatic heterocycles. The van der Waals surface area contributed by atoms with Crippen LogP contribution in [0.2, 0.25) is 0 Å². The van der Waals surface area contributed by atoms with E-state index in [4.69, 9.17) is 0 Å². The van der Waals surface area contributed by atoms with Gasteiger partial charge in [-0.05, 0) is 54.5 Å². The number of hydrogen-bond acceptors (Lipinski definition) is 2. The number of para-hydroxylation sites is 1. The number of benzene rings is 1. The van der Waals surface area contributed by atoms with Gasteiger partial charge in [0.2, 0.25) is 5.91 Å². The molecule has 0 heterocycles. The predicted octanol–water partition coefficient (Wildman–Crippen LogP) is 3.54. The molecule has 1 aromatic rings. The van der Waals surface area contributed by atoms with Gasteiger partial charge < -0.3 is 10.6 Å². The molecule has 1 aromatic carbocycles. The first kappa shape index (κ1) is 14.6. The lowest BCUT2D eigenvalue weighted by Gasteiger charge is -2.25. The number of rotatable bonds is 4. The Morgan fingerprint density at radius 1 is 1.26 bits per heavy atom. The molecule has 104 valence electrons. The van der Waals surface area contributed by atoms with Crippen LogP contribution in [0.4, 0.5) is 5.69 Å². The zero-order valence-corrected chi connectivity index (χ0v) is 13.4. The predicted molar refractivity (Wildman–Crippen MR) is 87.3 cm³/mol. The normalized spacial score (nSPS) is 17.8. The quantitative estimate of drug-likeness (QED) is 0.794. The molecule has 19 heavy (non-hydrogen) atoms. The molecule has 1 unspecified atom stereocenters. The van der Waals surface area contributed by atoms with Gasteiger partial charge in [-0.2, -0.15) is 0 Å². The van der Waals surface area contributed by atoms with Gasteiger partial charge in [-0.3, -0.25) is 4.79 Å². The third-order valence-corrected chi connectivity index (χ3v) is 4.53. The van der Waals surface area contributed by atoms with E-state index >= 15 is 0 Å². The Bertz CT molecular complexity index is 430. The van der Waals surface area contributed by atoms with Crippen molar-refractivity contribution in [2.75, 3.05) is 5.32 Å². The number of anilines is 1. The van der Waals surface area contributed by atoms with Crippen molar-refractivity contribution in [2.45, 2.75) is 51.1 Å². The average Bonchev–Trinajstić information content (AvgIpc) is 2.42. The van der Waals surface area contributed by atoms with E-state index in [0.29, 0.717) is 6.04 Å². The number of amides is 1. The van der Waals surface area contributed by atoms with Crippen LogP contribution in [0.25, 0.3) is 0 Å². The Kier molecular flexibility index (Phi) is 5.48. The molecule has 1 fully saturated rings. The molecule has 4 heteroatoms. The summed E-state index contributed by atoms with van der Waals surface area (Å²) in [5, 5.41) is 6.43. The maximum absolute atomic E-state index is 12.2. The average molecular weight is 372 g/mol. The summed E-state index contributed by atoms with van der Waals surface area (Å²) >= 11 is 2.28. The Labute approximate surface area is 128 Å². The van der Waals surface area contributed by atoms with Crippen LogP contribution in [0.5, 0.6) is 0 Å². The lowest BCUT2D eigenvalue weighted by molar-refractivity contribution is -0.122. The van der Waals surface area contributed by atoms with Gasteiger partial charge in [-0.25, -0.2) is 0 Å². The minimum Gasteiger partial charge on any atom is -0.373 e. The Morgan fingerprint density at radius 2 is 1.95 bits per heavy atom. The summed E-state index contributed by atoms with van der Waals surface area (Å²) in [6, 6.07) is 8.20. The molecular formula is C15H21IN2O. The van der Waals surface area contributed by atoms with Crippen molar-refractivity contribution in [3.05, 3.63) is 27.8 Å².